The first kappa shape index (κ1) is 14.4. The van der Waals surface area contributed by atoms with Crippen LogP contribution in [0.1, 0.15) is 68.7 Å². The Morgan fingerprint density at radius 1 is 1.14 bits per heavy atom. The molecule has 3 heterocycles. The number of halogens is 1. The summed E-state index contributed by atoms with van der Waals surface area (Å²) in [4.78, 5) is 39.3. The Labute approximate surface area is 224 Å². The molecule has 3 aliphatic rings. The number of carbonyl (C=O) groups excluding carboxylic acids is 3. The van der Waals surface area contributed by atoms with Crippen LogP contribution in [0.15, 0.2) is 36.4 Å². The van der Waals surface area contributed by atoms with E-state index in [1.807, 2.05) is 0 Å². The quantitative estimate of drug-likeness (QED) is 0.607. The van der Waals surface area contributed by atoms with Crippen molar-refractivity contribution >= 4 is 17.7 Å². The summed E-state index contributed by atoms with van der Waals surface area (Å²) in [6.07, 6.45) is -11.6. The highest BCUT2D eigenvalue weighted by molar-refractivity contribution is 6.05. The fraction of sp³-hybridized carbons (Fsp3) is 0.444. The van der Waals surface area contributed by atoms with Gasteiger partial charge in [0, 0.05) is 59.1 Å². The van der Waals surface area contributed by atoms with Gasteiger partial charge in [0.25, 0.3) is 5.91 Å². The highest BCUT2D eigenvalue weighted by atomic mass is 19.1. The number of rotatable bonds is 6. The Morgan fingerprint density at radius 3 is 2.64 bits per heavy atom. The van der Waals surface area contributed by atoms with E-state index >= 15 is 4.39 Å². The average molecular weight is 507 g/mol. The van der Waals surface area contributed by atoms with Crippen molar-refractivity contribution < 1.29 is 43.3 Å². The molecule has 8 nitrogen and oxygen atoms in total. The Bertz CT molecular complexity index is 1660. The maximum atomic E-state index is 15.8. The Balaban J connectivity index is 1.42. The first-order chi connectivity index (χ1) is 21.4. The second-order valence-electron chi connectivity index (χ2n) is 8.26. The molecule has 5 rings (SSSR count). The molecule has 0 aliphatic carbocycles. The first-order valence-corrected chi connectivity index (χ1v) is 11.0. The summed E-state index contributed by atoms with van der Waals surface area (Å²) in [5, 5.41) is 1.64. The van der Waals surface area contributed by atoms with Crippen molar-refractivity contribution in [2.24, 2.45) is 0 Å². The largest absolute Gasteiger partial charge is 0.488 e. The lowest BCUT2D eigenvalue weighted by Gasteiger charge is -2.35. The van der Waals surface area contributed by atoms with Crippen molar-refractivity contribution in [3.63, 3.8) is 0 Å². The third kappa shape index (κ3) is 4.85. The van der Waals surface area contributed by atoms with E-state index in [0.717, 1.165) is 13.8 Å². The summed E-state index contributed by atoms with van der Waals surface area (Å²) >= 11 is 0. The summed E-state index contributed by atoms with van der Waals surface area (Å²) in [6.45, 7) is -5.28. The normalized spacial score (nSPS) is 40.8. The smallest absolute Gasteiger partial charge is 0.255 e. The molecule has 3 unspecified atom stereocenters. The highest BCUT2D eigenvalue weighted by Crippen LogP contribution is 2.34. The maximum absolute atomic E-state index is 15.8. The van der Waals surface area contributed by atoms with E-state index in [1.165, 1.54) is 36.4 Å². The number of piperidine rings is 1. The van der Waals surface area contributed by atoms with Gasteiger partial charge in [-0.1, -0.05) is 24.3 Å². The zero-order valence-electron chi connectivity index (χ0n) is 30.4. The molecule has 36 heavy (non-hydrogen) atoms. The van der Waals surface area contributed by atoms with Crippen molar-refractivity contribution in [2.45, 2.75) is 64.5 Å². The summed E-state index contributed by atoms with van der Waals surface area (Å²) < 4.78 is 118. The topological polar surface area (TPSA) is 88.2 Å². The molecule has 3 atom stereocenters. The van der Waals surface area contributed by atoms with Crippen molar-refractivity contribution in [3.8, 4) is 5.75 Å². The third-order valence-corrected chi connectivity index (χ3v) is 5.69. The molecule has 0 aromatic heterocycles. The number of nitrogens with zero attached hydrogens (tertiary/aromatic N) is 2. The van der Waals surface area contributed by atoms with E-state index in [0.29, 0.717) is 9.80 Å². The molecular formula is C27H30FN3O5. The summed E-state index contributed by atoms with van der Waals surface area (Å²) in [6, 6.07) is 4.92. The molecule has 2 aromatic carbocycles. The van der Waals surface area contributed by atoms with Crippen molar-refractivity contribution in [1.82, 2.24) is 15.1 Å². The lowest BCUT2D eigenvalue weighted by molar-refractivity contribution is -0.136. The standard InChI is InChI=1S/C27H30FN3O5/c1-16-11-30(12-17(2)36-16)13-18-5-3-6-19(25(18)28)15-35-23-8-4-7-20-21(23)14-31(27(20)34)22-9-10-24(32)29-26(22)33/h3-8,16-17,22H,9-15H2,1-2H3,(H,29,32,33)/i9D2,10D2,11D2,12D2,16D,17D,22D. The average Bonchev–Trinajstić information content (AvgIpc) is 3.30. The van der Waals surface area contributed by atoms with Crippen molar-refractivity contribution in [2.75, 3.05) is 13.0 Å². The van der Waals surface area contributed by atoms with Gasteiger partial charge in [-0.25, -0.2) is 4.39 Å². The summed E-state index contributed by atoms with van der Waals surface area (Å²) in [5.74, 6) is -5.04. The van der Waals surface area contributed by atoms with Gasteiger partial charge in [0.2, 0.25) is 11.8 Å². The number of carbonyl (C=O) groups is 3. The number of amides is 3. The van der Waals surface area contributed by atoms with Crippen LogP contribution in [0.2, 0.25) is 0 Å². The molecule has 0 bridgehead atoms. The van der Waals surface area contributed by atoms with Crippen LogP contribution in [0.4, 0.5) is 4.39 Å². The molecule has 3 amide bonds. The minimum absolute atomic E-state index is 0.0154. The number of hydrogen-bond acceptors (Lipinski definition) is 6. The van der Waals surface area contributed by atoms with E-state index in [1.54, 1.807) is 5.32 Å². The van der Waals surface area contributed by atoms with E-state index in [2.05, 4.69) is 0 Å². The van der Waals surface area contributed by atoms with Crippen LogP contribution >= 0.6 is 0 Å². The number of fused-ring (bicyclic) bond motifs is 1. The van der Waals surface area contributed by atoms with E-state index in [-0.39, 0.29) is 28.0 Å². The van der Waals surface area contributed by atoms with Gasteiger partial charge in [-0.2, -0.15) is 0 Å². The van der Waals surface area contributed by atoms with Gasteiger partial charge in [0.15, 0.2) is 0 Å². The molecule has 2 saturated heterocycles. The fourth-order valence-electron chi connectivity index (χ4n) is 4.13. The summed E-state index contributed by atoms with van der Waals surface area (Å²) in [5.41, 5.74) is -0.277. The molecular weight excluding hydrogens is 465 g/mol. The zero-order chi connectivity index (χ0) is 35.3. The Kier molecular flexibility index (Phi) is 4.01. The lowest BCUT2D eigenvalue weighted by Crippen LogP contribution is -2.52. The molecule has 1 N–H and O–H groups in total. The monoisotopic (exact) mass is 506 g/mol. The molecule has 0 radical (unpaired) electrons. The van der Waals surface area contributed by atoms with Crippen LogP contribution in [0.3, 0.4) is 0 Å². The van der Waals surface area contributed by atoms with Crippen LogP contribution in [0.25, 0.3) is 0 Å². The van der Waals surface area contributed by atoms with Crippen LogP contribution in [0.5, 0.6) is 5.75 Å². The predicted molar refractivity (Wildman–Crippen MR) is 129 cm³/mol. The first-order valence-electron chi connectivity index (χ1n) is 16.5. The molecule has 190 valence electrons. The Morgan fingerprint density at radius 2 is 1.86 bits per heavy atom. The predicted octanol–water partition coefficient (Wildman–Crippen LogP) is 2.77. The van der Waals surface area contributed by atoms with Crippen LogP contribution in [-0.2, 0) is 34.0 Å². The van der Waals surface area contributed by atoms with E-state index in [9.17, 15) is 14.4 Å². The summed E-state index contributed by atoms with van der Waals surface area (Å²) in [7, 11) is 0. The molecule has 0 saturated carbocycles. The van der Waals surface area contributed by atoms with Gasteiger partial charge in [0.05, 0.1) is 22.8 Å². The molecule has 0 spiro atoms. The van der Waals surface area contributed by atoms with Crippen molar-refractivity contribution in [3.05, 3.63) is 64.5 Å². The van der Waals surface area contributed by atoms with Gasteiger partial charge >= 0.3 is 0 Å². The maximum Gasteiger partial charge on any atom is 0.255 e. The van der Waals surface area contributed by atoms with Gasteiger partial charge < -0.3 is 14.4 Å². The zero-order valence-corrected chi connectivity index (χ0v) is 19.4. The van der Waals surface area contributed by atoms with Gasteiger partial charge in [-0.05, 0) is 32.4 Å². The Hall–Kier alpha value is -3.30. The second kappa shape index (κ2) is 9.99. The molecule has 2 aromatic rings. The number of benzene rings is 2. The van der Waals surface area contributed by atoms with Crippen LogP contribution in [-0.4, -0.2) is 58.7 Å². The number of morpholine rings is 1. The van der Waals surface area contributed by atoms with Gasteiger partial charge in [-0.3, -0.25) is 24.6 Å². The van der Waals surface area contributed by atoms with E-state index in [4.69, 9.17) is 24.6 Å². The fourth-order valence-corrected chi connectivity index (χ4v) is 4.13. The lowest BCUT2D eigenvalue weighted by atomic mass is 10.0. The molecule has 9 heteroatoms. The van der Waals surface area contributed by atoms with Crippen LogP contribution in [0, 0.1) is 5.82 Å². The molecule has 3 aliphatic heterocycles. The number of hydrogen-bond donors (Lipinski definition) is 1. The van der Waals surface area contributed by atoms with Crippen LogP contribution < -0.4 is 10.1 Å². The molecule has 2 fully saturated rings. The number of ether oxygens (including phenoxy) is 2. The second-order valence-corrected chi connectivity index (χ2v) is 8.26. The minimum atomic E-state index is -3.47. The van der Waals surface area contributed by atoms with Crippen molar-refractivity contribution in [1.29, 1.82) is 0 Å². The highest BCUT2D eigenvalue weighted by Gasteiger charge is 2.40. The third-order valence-electron chi connectivity index (χ3n) is 5.69. The number of imide groups is 1. The minimum Gasteiger partial charge on any atom is -0.488 e. The SMILES string of the molecule is [2H]C1(C)OC([2H])(C)C([2H])([2H])N(Cc2cccc(COc3cccc4c3CN(C3([2H])C(=O)NC(=O)C([2H])([2H])C3([2H])[2H])C4=O)c2F)C1([2H])[2H]. The number of nitrogens with one attached hydrogen (secondary N) is 1. The van der Waals surface area contributed by atoms with E-state index < -0.39 is 87.2 Å². The van der Waals surface area contributed by atoms with Gasteiger partial charge in [-0.15, -0.1) is 0 Å². The van der Waals surface area contributed by atoms with Gasteiger partial charge in [0.1, 0.15) is 24.2 Å².